The molecule has 0 bridgehead atoms. The van der Waals surface area contributed by atoms with Crippen molar-refractivity contribution in [3.05, 3.63) is 59.0 Å². The van der Waals surface area contributed by atoms with Crippen molar-refractivity contribution >= 4 is 5.82 Å². The maximum absolute atomic E-state index is 12.9. The van der Waals surface area contributed by atoms with Gasteiger partial charge in [-0.05, 0) is 49.4 Å². The Hall–Kier alpha value is -1.94. The summed E-state index contributed by atoms with van der Waals surface area (Å²) in [5, 5.41) is 3.15. The summed E-state index contributed by atoms with van der Waals surface area (Å²) in [6.07, 6.45) is 0. The average molecular weight is 273 g/mol. The van der Waals surface area contributed by atoms with Crippen LogP contribution in [0.5, 0.6) is 0 Å². The number of hydrogen-bond acceptors (Lipinski definition) is 3. The number of halogens is 1. The molecule has 1 N–H and O–H groups in total. The van der Waals surface area contributed by atoms with E-state index in [-0.39, 0.29) is 5.82 Å². The molecule has 0 saturated carbocycles. The highest BCUT2D eigenvalue weighted by Gasteiger charge is 2.06. The van der Waals surface area contributed by atoms with Crippen molar-refractivity contribution in [3.63, 3.8) is 0 Å². The van der Waals surface area contributed by atoms with E-state index in [0.29, 0.717) is 6.54 Å². The lowest BCUT2D eigenvalue weighted by molar-refractivity contribution is 0.627. The Kier molecular flexibility index (Phi) is 4.69. The third kappa shape index (κ3) is 3.78. The molecule has 20 heavy (non-hydrogen) atoms. The molecule has 0 aliphatic heterocycles. The SMILES string of the molecule is CNCc1cc(C)nc(N(C)Cc2ccc(F)cc2)c1. The first-order chi connectivity index (χ1) is 9.58. The number of benzene rings is 1. The highest BCUT2D eigenvalue weighted by Crippen LogP contribution is 2.16. The number of rotatable bonds is 5. The van der Waals surface area contributed by atoms with Crippen LogP contribution in [0.2, 0.25) is 0 Å². The highest BCUT2D eigenvalue weighted by atomic mass is 19.1. The molecule has 2 aromatic rings. The maximum Gasteiger partial charge on any atom is 0.129 e. The van der Waals surface area contributed by atoms with Crippen molar-refractivity contribution in [3.8, 4) is 0 Å². The van der Waals surface area contributed by atoms with Crippen molar-refractivity contribution < 1.29 is 4.39 Å². The van der Waals surface area contributed by atoms with Gasteiger partial charge in [0.25, 0.3) is 0 Å². The fourth-order valence-corrected chi connectivity index (χ4v) is 2.17. The lowest BCUT2D eigenvalue weighted by atomic mass is 10.2. The van der Waals surface area contributed by atoms with Gasteiger partial charge in [0.15, 0.2) is 0 Å². The molecule has 0 unspecified atom stereocenters. The van der Waals surface area contributed by atoms with E-state index in [1.165, 1.54) is 17.7 Å². The van der Waals surface area contributed by atoms with E-state index in [1.54, 1.807) is 12.1 Å². The molecule has 0 aliphatic rings. The van der Waals surface area contributed by atoms with Gasteiger partial charge in [-0.25, -0.2) is 9.37 Å². The molecule has 1 aromatic carbocycles. The first-order valence-electron chi connectivity index (χ1n) is 6.66. The van der Waals surface area contributed by atoms with Crippen LogP contribution in [0.1, 0.15) is 16.8 Å². The second-order valence-corrected chi connectivity index (χ2v) is 4.99. The summed E-state index contributed by atoms with van der Waals surface area (Å²) >= 11 is 0. The number of aryl methyl sites for hydroxylation is 1. The molecule has 1 heterocycles. The number of nitrogens with one attached hydrogen (secondary N) is 1. The van der Waals surface area contributed by atoms with E-state index in [1.807, 2.05) is 21.0 Å². The smallest absolute Gasteiger partial charge is 0.129 e. The lowest BCUT2D eigenvalue weighted by Crippen LogP contribution is -2.18. The Labute approximate surface area is 119 Å². The molecular weight excluding hydrogens is 253 g/mol. The minimum Gasteiger partial charge on any atom is -0.355 e. The second-order valence-electron chi connectivity index (χ2n) is 4.99. The highest BCUT2D eigenvalue weighted by molar-refractivity contribution is 5.42. The summed E-state index contributed by atoms with van der Waals surface area (Å²) in [6.45, 7) is 3.52. The van der Waals surface area contributed by atoms with E-state index in [4.69, 9.17) is 0 Å². The normalized spacial score (nSPS) is 10.6. The molecular formula is C16H20FN3. The van der Waals surface area contributed by atoms with Crippen LogP contribution < -0.4 is 10.2 Å². The monoisotopic (exact) mass is 273 g/mol. The van der Waals surface area contributed by atoms with Crippen molar-refractivity contribution in [1.29, 1.82) is 0 Å². The van der Waals surface area contributed by atoms with Crippen LogP contribution in [0.25, 0.3) is 0 Å². The number of hydrogen-bond donors (Lipinski definition) is 1. The quantitative estimate of drug-likeness (QED) is 0.908. The van der Waals surface area contributed by atoms with Crippen molar-refractivity contribution in [2.45, 2.75) is 20.0 Å². The van der Waals surface area contributed by atoms with Crippen LogP contribution in [-0.4, -0.2) is 19.1 Å². The molecule has 3 nitrogen and oxygen atoms in total. The summed E-state index contributed by atoms with van der Waals surface area (Å²) < 4.78 is 12.9. The fourth-order valence-electron chi connectivity index (χ4n) is 2.17. The van der Waals surface area contributed by atoms with Gasteiger partial charge in [0.2, 0.25) is 0 Å². The molecule has 0 fully saturated rings. The first kappa shape index (κ1) is 14.5. The van der Waals surface area contributed by atoms with Gasteiger partial charge in [-0.15, -0.1) is 0 Å². The molecule has 0 saturated heterocycles. The van der Waals surface area contributed by atoms with Gasteiger partial charge in [0.05, 0.1) is 0 Å². The molecule has 0 atom stereocenters. The summed E-state index contributed by atoms with van der Waals surface area (Å²) in [7, 11) is 3.92. The topological polar surface area (TPSA) is 28.2 Å². The zero-order chi connectivity index (χ0) is 14.5. The van der Waals surface area contributed by atoms with Crippen LogP contribution in [0.3, 0.4) is 0 Å². The standard InChI is InChI=1S/C16H20FN3/c1-12-8-14(10-18-2)9-16(19-12)20(3)11-13-4-6-15(17)7-5-13/h4-9,18H,10-11H2,1-3H3. The van der Waals surface area contributed by atoms with Crippen molar-refractivity contribution in [1.82, 2.24) is 10.3 Å². The molecule has 4 heteroatoms. The Morgan fingerprint density at radius 3 is 2.50 bits per heavy atom. The molecule has 2 rings (SSSR count). The van der Waals surface area contributed by atoms with Gasteiger partial charge in [0.1, 0.15) is 11.6 Å². The van der Waals surface area contributed by atoms with Crippen molar-refractivity contribution in [2.75, 3.05) is 19.0 Å². The number of pyridine rings is 1. The summed E-state index contributed by atoms with van der Waals surface area (Å²) in [5.74, 6) is 0.723. The van der Waals surface area contributed by atoms with Crippen LogP contribution in [-0.2, 0) is 13.1 Å². The Morgan fingerprint density at radius 2 is 1.85 bits per heavy atom. The van der Waals surface area contributed by atoms with E-state index >= 15 is 0 Å². The third-order valence-electron chi connectivity index (χ3n) is 3.10. The Bertz CT molecular complexity index is 566. The zero-order valence-corrected chi connectivity index (χ0v) is 12.2. The van der Waals surface area contributed by atoms with Gasteiger partial charge >= 0.3 is 0 Å². The average Bonchev–Trinajstić information content (AvgIpc) is 2.41. The van der Waals surface area contributed by atoms with Crippen LogP contribution in [0, 0.1) is 12.7 Å². The van der Waals surface area contributed by atoms with Gasteiger partial charge in [-0.1, -0.05) is 12.1 Å². The summed E-state index contributed by atoms with van der Waals surface area (Å²) in [4.78, 5) is 6.62. The molecule has 106 valence electrons. The summed E-state index contributed by atoms with van der Waals surface area (Å²) in [5.41, 5.74) is 3.27. The minimum atomic E-state index is -0.207. The van der Waals surface area contributed by atoms with E-state index in [9.17, 15) is 4.39 Å². The predicted octanol–water partition coefficient (Wildman–Crippen LogP) is 2.88. The first-order valence-corrected chi connectivity index (χ1v) is 6.66. The molecule has 0 spiro atoms. The Morgan fingerprint density at radius 1 is 1.15 bits per heavy atom. The number of aromatic nitrogens is 1. The molecule has 1 aromatic heterocycles. The van der Waals surface area contributed by atoms with E-state index in [2.05, 4.69) is 27.3 Å². The van der Waals surface area contributed by atoms with Gasteiger partial charge in [-0.3, -0.25) is 0 Å². The minimum absolute atomic E-state index is 0.207. The molecule has 0 radical (unpaired) electrons. The fraction of sp³-hybridized carbons (Fsp3) is 0.312. The van der Waals surface area contributed by atoms with E-state index < -0.39 is 0 Å². The molecule has 0 amide bonds. The number of nitrogens with zero attached hydrogens (tertiary/aromatic N) is 2. The van der Waals surface area contributed by atoms with Gasteiger partial charge < -0.3 is 10.2 Å². The number of anilines is 1. The third-order valence-corrected chi connectivity index (χ3v) is 3.10. The van der Waals surface area contributed by atoms with Crippen LogP contribution >= 0.6 is 0 Å². The predicted molar refractivity (Wildman–Crippen MR) is 80.2 cm³/mol. The van der Waals surface area contributed by atoms with Gasteiger partial charge in [0, 0.05) is 25.8 Å². The van der Waals surface area contributed by atoms with Crippen LogP contribution in [0.4, 0.5) is 10.2 Å². The molecule has 0 aliphatic carbocycles. The largest absolute Gasteiger partial charge is 0.355 e. The van der Waals surface area contributed by atoms with Crippen LogP contribution in [0.15, 0.2) is 36.4 Å². The maximum atomic E-state index is 12.9. The van der Waals surface area contributed by atoms with Gasteiger partial charge in [-0.2, -0.15) is 0 Å². The van der Waals surface area contributed by atoms with E-state index in [0.717, 1.165) is 23.6 Å². The second kappa shape index (κ2) is 6.48. The lowest BCUT2D eigenvalue weighted by Gasteiger charge is -2.19. The Balaban J connectivity index is 2.15. The summed E-state index contributed by atoms with van der Waals surface area (Å²) in [6, 6.07) is 10.7. The van der Waals surface area contributed by atoms with Crippen molar-refractivity contribution in [2.24, 2.45) is 0 Å². The zero-order valence-electron chi connectivity index (χ0n) is 12.2.